The normalized spacial score (nSPS) is 22.1. The van der Waals surface area contributed by atoms with Gasteiger partial charge in [0.2, 0.25) is 0 Å². The van der Waals surface area contributed by atoms with Crippen molar-refractivity contribution >= 4 is 5.97 Å². The summed E-state index contributed by atoms with van der Waals surface area (Å²) < 4.78 is 0. The number of carboxylic acids is 1. The minimum absolute atomic E-state index is 0.356. The third-order valence-corrected chi connectivity index (χ3v) is 3.98. The van der Waals surface area contributed by atoms with Crippen LogP contribution in [0.3, 0.4) is 0 Å². The molecule has 0 aromatic rings. The van der Waals surface area contributed by atoms with Gasteiger partial charge in [-0.2, -0.15) is 0 Å². The van der Waals surface area contributed by atoms with E-state index in [4.69, 9.17) is 0 Å². The summed E-state index contributed by atoms with van der Waals surface area (Å²) in [6.07, 6.45) is 5.91. The number of aliphatic carboxylic acids is 1. The topological polar surface area (TPSA) is 52.6 Å². The molecule has 1 unspecified atom stereocenters. The first kappa shape index (κ1) is 14.5. The highest BCUT2D eigenvalue weighted by molar-refractivity contribution is 5.78. The molecule has 17 heavy (non-hydrogen) atoms. The van der Waals surface area contributed by atoms with Gasteiger partial charge in [-0.05, 0) is 33.9 Å². The van der Waals surface area contributed by atoms with Crippen molar-refractivity contribution in [3.63, 3.8) is 0 Å². The maximum Gasteiger partial charge on any atom is 0.323 e. The van der Waals surface area contributed by atoms with Gasteiger partial charge in [0.1, 0.15) is 5.54 Å². The first-order valence-corrected chi connectivity index (χ1v) is 6.63. The molecule has 100 valence electrons. The van der Waals surface area contributed by atoms with Crippen molar-refractivity contribution in [1.29, 1.82) is 0 Å². The smallest absolute Gasteiger partial charge is 0.323 e. The van der Waals surface area contributed by atoms with Gasteiger partial charge in [-0.3, -0.25) is 4.79 Å². The molecule has 0 spiro atoms. The third kappa shape index (κ3) is 3.96. The lowest BCUT2D eigenvalue weighted by Crippen LogP contribution is -2.54. The molecule has 4 heteroatoms. The molecule has 1 saturated carbocycles. The van der Waals surface area contributed by atoms with E-state index in [1.54, 1.807) is 0 Å². The third-order valence-electron chi connectivity index (χ3n) is 3.98. The molecule has 0 amide bonds. The van der Waals surface area contributed by atoms with E-state index in [9.17, 15) is 9.90 Å². The SMILES string of the molecule is CC(CNC1(C(=O)O)CCCCCC1)N(C)C. The van der Waals surface area contributed by atoms with Gasteiger partial charge in [0, 0.05) is 12.6 Å². The minimum atomic E-state index is -0.680. The fraction of sp³-hybridized carbons (Fsp3) is 0.923. The van der Waals surface area contributed by atoms with Crippen molar-refractivity contribution in [3.05, 3.63) is 0 Å². The summed E-state index contributed by atoms with van der Waals surface area (Å²) in [4.78, 5) is 13.6. The number of rotatable bonds is 5. The second-order valence-corrected chi connectivity index (χ2v) is 5.50. The van der Waals surface area contributed by atoms with E-state index in [0.29, 0.717) is 6.04 Å². The molecular weight excluding hydrogens is 216 g/mol. The Balaban J connectivity index is 2.61. The standard InChI is InChI=1S/C13H26N2O2/c1-11(15(2)3)10-14-13(12(16)17)8-6-4-5-7-9-13/h11,14H,4-10H2,1-3H3,(H,16,17). The van der Waals surface area contributed by atoms with E-state index in [0.717, 1.165) is 32.2 Å². The van der Waals surface area contributed by atoms with Crippen LogP contribution in [-0.4, -0.2) is 48.2 Å². The van der Waals surface area contributed by atoms with E-state index < -0.39 is 11.5 Å². The van der Waals surface area contributed by atoms with Crippen LogP contribution in [-0.2, 0) is 4.79 Å². The molecule has 1 aliphatic carbocycles. The van der Waals surface area contributed by atoms with Gasteiger partial charge in [-0.25, -0.2) is 0 Å². The van der Waals surface area contributed by atoms with Crippen LogP contribution in [0.15, 0.2) is 0 Å². The Bertz CT molecular complexity index is 246. The Labute approximate surface area is 104 Å². The average molecular weight is 242 g/mol. The number of likely N-dealkylation sites (N-methyl/N-ethyl adjacent to an activating group) is 1. The zero-order valence-electron chi connectivity index (χ0n) is 11.3. The molecule has 0 aromatic heterocycles. The van der Waals surface area contributed by atoms with E-state index in [1.807, 2.05) is 14.1 Å². The van der Waals surface area contributed by atoms with E-state index >= 15 is 0 Å². The largest absolute Gasteiger partial charge is 0.480 e. The van der Waals surface area contributed by atoms with E-state index in [2.05, 4.69) is 17.1 Å². The zero-order valence-corrected chi connectivity index (χ0v) is 11.3. The predicted octanol–water partition coefficient (Wildman–Crippen LogP) is 1.70. The summed E-state index contributed by atoms with van der Waals surface area (Å²) >= 11 is 0. The molecule has 0 aromatic carbocycles. The van der Waals surface area contributed by atoms with Crippen LogP contribution in [0, 0.1) is 0 Å². The summed E-state index contributed by atoms with van der Waals surface area (Å²) in [7, 11) is 4.04. The molecule has 0 saturated heterocycles. The molecular formula is C13H26N2O2. The first-order valence-electron chi connectivity index (χ1n) is 6.63. The minimum Gasteiger partial charge on any atom is -0.480 e. The number of nitrogens with one attached hydrogen (secondary N) is 1. The predicted molar refractivity (Wildman–Crippen MR) is 69.2 cm³/mol. The van der Waals surface area contributed by atoms with Crippen LogP contribution in [0.5, 0.6) is 0 Å². The van der Waals surface area contributed by atoms with Crippen LogP contribution >= 0.6 is 0 Å². The van der Waals surface area contributed by atoms with Crippen LogP contribution in [0.2, 0.25) is 0 Å². The fourth-order valence-corrected chi connectivity index (χ4v) is 2.32. The van der Waals surface area contributed by atoms with Crippen LogP contribution in [0.1, 0.15) is 45.4 Å². The molecule has 0 heterocycles. The van der Waals surface area contributed by atoms with Crippen molar-refractivity contribution in [2.75, 3.05) is 20.6 Å². The highest BCUT2D eigenvalue weighted by Crippen LogP contribution is 2.27. The van der Waals surface area contributed by atoms with Crippen molar-refractivity contribution in [2.24, 2.45) is 0 Å². The second kappa shape index (κ2) is 6.36. The van der Waals surface area contributed by atoms with Crippen molar-refractivity contribution < 1.29 is 9.90 Å². The molecule has 0 bridgehead atoms. The summed E-state index contributed by atoms with van der Waals surface area (Å²) in [5.41, 5.74) is -0.680. The van der Waals surface area contributed by atoms with Gasteiger partial charge >= 0.3 is 5.97 Å². The number of carbonyl (C=O) groups is 1. The van der Waals surface area contributed by atoms with Gasteiger partial charge in [0.05, 0.1) is 0 Å². The second-order valence-electron chi connectivity index (χ2n) is 5.50. The lowest BCUT2D eigenvalue weighted by atomic mass is 9.90. The van der Waals surface area contributed by atoms with Gasteiger partial charge in [0.15, 0.2) is 0 Å². The van der Waals surface area contributed by atoms with Gasteiger partial charge in [-0.1, -0.05) is 25.7 Å². The molecule has 0 aliphatic heterocycles. The Morgan fingerprint density at radius 1 is 1.29 bits per heavy atom. The van der Waals surface area contributed by atoms with Gasteiger partial charge < -0.3 is 15.3 Å². The maximum absolute atomic E-state index is 11.5. The number of hydrogen-bond acceptors (Lipinski definition) is 3. The Morgan fingerprint density at radius 3 is 2.24 bits per heavy atom. The highest BCUT2D eigenvalue weighted by atomic mass is 16.4. The van der Waals surface area contributed by atoms with Crippen molar-refractivity contribution in [1.82, 2.24) is 10.2 Å². The molecule has 1 atom stereocenters. The molecule has 2 N–H and O–H groups in total. The summed E-state index contributed by atoms with van der Waals surface area (Å²) in [5.74, 6) is -0.676. The summed E-state index contributed by atoms with van der Waals surface area (Å²) in [6.45, 7) is 2.85. The Hall–Kier alpha value is -0.610. The Kier molecular flexibility index (Phi) is 5.40. The monoisotopic (exact) mass is 242 g/mol. The van der Waals surface area contributed by atoms with Crippen molar-refractivity contribution in [2.45, 2.75) is 57.0 Å². The Morgan fingerprint density at radius 2 is 1.82 bits per heavy atom. The summed E-state index contributed by atoms with van der Waals surface area (Å²) in [5, 5.41) is 12.8. The van der Waals surface area contributed by atoms with E-state index in [1.165, 1.54) is 12.8 Å². The molecule has 1 fully saturated rings. The zero-order chi connectivity index (χ0) is 12.9. The van der Waals surface area contributed by atoms with Crippen LogP contribution in [0.25, 0.3) is 0 Å². The lowest BCUT2D eigenvalue weighted by molar-refractivity contribution is -0.145. The molecule has 1 aliphatic rings. The number of carboxylic acid groups (broad SMARTS) is 1. The summed E-state index contributed by atoms with van der Waals surface area (Å²) in [6, 6.07) is 0.356. The van der Waals surface area contributed by atoms with Gasteiger partial charge in [-0.15, -0.1) is 0 Å². The lowest BCUT2D eigenvalue weighted by Gasteiger charge is -2.32. The van der Waals surface area contributed by atoms with Crippen LogP contribution < -0.4 is 5.32 Å². The maximum atomic E-state index is 11.5. The molecule has 0 radical (unpaired) electrons. The highest BCUT2D eigenvalue weighted by Gasteiger charge is 2.38. The van der Waals surface area contributed by atoms with Crippen LogP contribution in [0.4, 0.5) is 0 Å². The first-order chi connectivity index (χ1) is 7.98. The van der Waals surface area contributed by atoms with Gasteiger partial charge in [0.25, 0.3) is 0 Å². The van der Waals surface area contributed by atoms with E-state index in [-0.39, 0.29) is 0 Å². The quantitative estimate of drug-likeness (QED) is 0.721. The van der Waals surface area contributed by atoms with Crippen molar-refractivity contribution in [3.8, 4) is 0 Å². The number of hydrogen-bond donors (Lipinski definition) is 2. The number of nitrogens with zero attached hydrogens (tertiary/aromatic N) is 1. The molecule has 4 nitrogen and oxygen atoms in total. The fourth-order valence-electron chi connectivity index (χ4n) is 2.32. The molecule has 1 rings (SSSR count). The average Bonchev–Trinajstić information content (AvgIpc) is 2.52.